The number of piperidine rings is 1. The van der Waals surface area contributed by atoms with Gasteiger partial charge in [0.2, 0.25) is 10.0 Å². The van der Waals surface area contributed by atoms with Crippen LogP contribution < -0.4 is 5.32 Å². The number of carbonyl (C=O) groups is 2. The number of methoxy groups -OCH3 is 1. The summed E-state index contributed by atoms with van der Waals surface area (Å²) in [5, 5.41) is 11.7. The van der Waals surface area contributed by atoms with E-state index in [2.05, 4.69) is 5.32 Å². The summed E-state index contributed by atoms with van der Waals surface area (Å²) in [6.45, 7) is 2.63. The molecule has 1 amide bonds. The molecule has 150 valence electrons. The summed E-state index contributed by atoms with van der Waals surface area (Å²) in [5.74, 6) is -1.55. The zero-order valence-corrected chi connectivity index (χ0v) is 16.4. The zero-order valence-electron chi connectivity index (χ0n) is 15.6. The lowest BCUT2D eigenvalue weighted by Crippen LogP contribution is -2.50. The van der Waals surface area contributed by atoms with E-state index in [0.29, 0.717) is 13.1 Å². The number of carbonyl (C=O) groups excluding carboxylic acids is 1. The third kappa shape index (κ3) is 5.50. The number of nitrogens with one attached hydrogen (secondary N) is 1. The van der Waals surface area contributed by atoms with Crippen molar-refractivity contribution in [3.63, 3.8) is 0 Å². The second-order valence-electron chi connectivity index (χ2n) is 7.01. The van der Waals surface area contributed by atoms with Crippen LogP contribution >= 0.6 is 0 Å². The molecule has 1 heterocycles. The molecule has 1 aromatic rings. The Bertz CT molecular complexity index is 772. The van der Waals surface area contributed by atoms with Gasteiger partial charge in [0.25, 0.3) is 5.91 Å². The lowest BCUT2D eigenvalue weighted by Gasteiger charge is -2.28. The van der Waals surface area contributed by atoms with E-state index in [1.807, 2.05) is 0 Å². The number of rotatable bonds is 8. The van der Waals surface area contributed by atoms with Crippen LogP contribution in [0.3, 0.4) is 0 Å². The van der Waals surface area contributed by atoms with Gasteiger partial charge in [0, 0.05) is 25.8 Å². The van der Waals surface area contributed by atoms with Crippen LogP contribution in [0.1, 0.15) is 43.0 Å². The van der Waals surface area contributed by atoms with Crippen molar-refractivity contribution in [1.29, 1.82) is 0 Å². The Morgan fingerprint density at radius 3 is 2.30 bits per heavy atom. The van der Waals surface area contributed by atoms with Crippen molar-refractivity contribution in [3.8, 4) is 0 Å². The number of carboxylic acid groups (broad SMARTS) is 1. The molecule has 1 aromatic carbocycles. The summed E-state index contributed by atoms with van der Waals surface area (Å²) in [7, 11) is -2.14. The quantitative estimate of drug-likeness (QED) is 0.686. The Morgan fingerprint density at radius 1 is 1.19 bits per heavy atom. The van der Waals surface area contributed by atoms with Crippen LogP contribution in [0.2, 0.25) is 0 Å². The number of amides is 1. The summed E-state index contributed by atoms with van der Waals surface area (Å²) in [5.41, 5.74) is -0.823. The highest BCUT2D eigenvalue weighted by atomic mass is 32.2. The standard InChI is InChI=1S/C18H26N2O6S/c1-18(13-26-2,12-16(21)22)19-17(23)14-6-8-15(9-7-14)27(24,25)20-10-4-3-5-11-20/h6-9H,3-5,10-13H2,1-2H3,(H,19,23)(H,21,22). The van der Waals surface area contributed by atoms with E-state index in [4.69, 9.17) is 9.84 Å². The van der Waals surface area contributed by atoms with E-state index < -0.39 is 27.4 Å². The van der Waals surface area contributed by atoms with Crippen LogP contribution in [0.5, 0.6) is 0 Å². The van der Waals surface area contributed by atoms with Crippen LogP contribution in [-0.2, 0) is 19.6 Å². The summed E-state index contributed by atoms with van der Waals surface area (Å²) >= 11 is 0. The van der Waals surface area contributed by atoms with E-state index in [9.17, 15) is 18.0 Å². The highest BCUT2D eigenvalue weighted by molar-refractivity contribution is 7.89. The van der Waals surface area contributed by atoms with E-state index in [1.54, 1.807) is 6.92 Å². The number of sulfonamides is 1. The van der Waals surface area contributed by atoms with Crippen molar-refractivity contribution in [2.24, 2.45) is 0 Å². The van der Waals surface area contributed by atoms with Crippen molar-refractivity contribution in [1.82, 2.24) is 9.62 Å². The van der Waals surface area contributed by atoms with Gasteiger partial charge in [0.1, 0.15) is 0 Å². The smallest absolute Gasteiger partial charge is 0.305 e. The molecule has 1 fully saturated rings. The van der Waals surface area contributed by atoms with Crippen LogP contribution in [0, 0.1) is 0 Å². The molecule has 1 unspecified atom stereocenters. The third-order valence-corrected chi connectivity index (χ3v) is 6.40. The largest absolute Gasteiger partial charge is 0.481 e. The Hall–Kier alpha value is -1.97. The molecule has 27 heavy (non-hydrogen) atoms. The normalized spacial score (nSPS) is 17.9. The molecule has 1 atom stereocenters. The number of hydrogen-bond donors (Lipinski definition) is 2. The number of aliphatic carboxylic acids is 1. The van der Waals surface area contributed by atoms with Crippen LogP contribution in [-0.4, -0.2) is 62.1 Å². The van der Waals surface area contributed by atoms with Gasteiger partial charge in [0.05, 0.1) is 23.5 Å². The van der Waals surface area contributed by atoms with Gasteiger partial charge < -0.3 is 15.2 Å². The first kappa shape index (κ1) is 21.3. The molecule has 0 saturated carbocycles. The maximum absolute atomic E-state index is 12.6. The second kappa shape index (κ2) is 8.81. The maximum Gasteiger partial charge on any atom is 0.305 e. The predicted octanol–water partition coefficient (Wildman–Crippen LogP) is 1.47. The Morgan fingerprint density at radius 2 is 1.78 bits per heavy atom. The van der Waals surface area contributed by atoms with Gasteiger partial charge in [-0.05, 0) is 44.0 Å². The maximum atomic E-state index is 12.6. The van der Waals surface area contributed by atoms with Gasteiger partial charge in [-0.1, -0.05) is 6.42 Å². The van der Waals surface area contributed by atoms with E-state index in [-0.39, 0.29) is 23.5 Å². The summed E-state index contributed by atoms with van der Waals surface area (Å²) < 4.78 is 31.8. The summed E-state index contributed by atoms with van der Waals surface area (Å²) in [4.78, 5) is 23.6. The highest BCUT2D eigenvalue weighted by Gasteiger charge is 2.30. The SMILES string of the molecule is COCC(C)(CC(=O)O)NC(=O)c1ccc(S(=O)(=O)N2CCCCC2)cc1. The van der Waals surface area contributed by atoms with Crippen molar-refractivity contribution in [3.05, 3.63) is 29.8 Å². The topological polar surface area (TPSA) is 113 Å². The number of ether oxygens (including phenoxy) is 1. The van der Waals surface area contributed by atoms with Gasteiger partial charge in [-0.15, -0.1) is 0 Å². The Kier molecular flexibility index (Phi) is 6.96. The number of benzene rings is 1. The fraction of sp³-hybridized carbons (Fsp3) is 0.556. The Labute approximate surface area is 159 Å². The molecular formula is C18H26N2O6S. The molecule has 9 heteroatoms. The highest BCUT2D eigenvalue weighted by Crippen LogP contribution is 2.21. The molecule has 0 bridgehead atoms. The molecule has 0 aromatic heterocycles. The molecule has 1 aliphatic rings. The van der Waals surface area contributed by atoms with Gasteiger partial charge >= 0.3 is 5.97 Å². The number of carboxylic acids is 1. The van der Waals surface area contributed by atoms with Gasteiger partial charge in [-0.3, -0.25) is 9.59 Å². The molecule has 1 saturated heterocycles. The fourth-order valence-corrected chi connectivity index (χ4v) is 4.68. The second-order valence-corrected chi connectivity index (χ2v) is 8.95. The predicted molar refractivity (Wildman–Crippen MR) is 99.1 cm³/mol. The van der Waals surface area contributed by atoms with Crippen LogP contribution in [0.25, 0.3) is 0 Å². The minimum Gasteiger partial charge on any atom is -0.481 e. The molecule has 0 radical (unpaired) electrons. The minimum absolute atomic E-state index is 0.0342. The molecule has 0 aliphatic carbocycles. The number of hydrogen-bond acceptors (Lipinski definition) is 5. The summed E-state index contributed by atoms with van der Waals surface area (Å²) in [6.07, 6.45) is 2.43. The van der Waals surface area contributed by atoms with Gasteiger partial charge in [0.15, 0.2) is 0 Å². The molecule has 0 spiro atoms. The monoisotopic (exact) mass is 398 g/mol. The molecule has 8 nitrogen and oxygen atoms in total. The molecule has 1 aliphatic heterocycles. The lowest BCUT2D eigenvalue weighted by atomic mass is 9.98. The first-order valence-corrected chi connectivity index (χ1v) is 10.3. The summed E-state index contributed by atoms with van der Waals surface area (Å²) in [6, 6.07) is 5.67. The lowest BCUT2D eigenvalue weighted by molar-refractivity contribution is -0.139. The van der Waals surface area contributed by atoms with Crippen molar-refractivity contribution >= 4 is 21.9 Å². The first-order valence-electron chi connectivity index (χ1n) is 8.81. The molecular weight excluding hydrogens is 372 g/mol. The van der Waals surface area contributed by atoms with Gasteiger partial charge in [-0.25, -0.2) is 8.42 Å². The zero-order chi connectivity index (χ0) is 20.1. The van der Waals surface area contributed by atoms with E-state index >= 15 is 0 Å². The molecule has 2 N–H and O–H groups in total. The van der Waals surface area contributed by atoms with E-state index in [0.717, 1.165) is 19.3 Å². The van der Waals surface area contributed by atoms with Gasteiger partial charge in [-0.2, -0.15) is 4.31 Å². The first-order chi connectivity index (χ1) is 12.7. The van der Waals surface area contributed by atoms with Crippen molar-refractivity contribution in [2.75, 3.05) is 26.8 Å². The van der Waals surface area contributed by atoms with Crippen molar-refractivity contribution in [2.45, 2.75) is 43.0 Å². The van der Waals surface area contributed by atoms with Crippen LogP contribution in [0.15, 0.2) is 29.2 Å². The number of nitrogens with zero attached hydrogens (tertiary/aromatic N) is 1. The third-order valence-electron chi connectivity index (χ3n) is 4.49. The van der Waals surface area contributed by atoms with E-state index in [1.165, 1.54) is 35.7 Å². The Balaban J connectivity index is 2.13. The molecule has 2 rings (SSSR count). The van der Waals surface area contributed by atoms with Crippen LogP contribution in [0.4, 0.5) is 0 Å². The minimum atomic E-state index is -3.56. The fourth-order valence-electron chi connectivity index (χ4n) is 3.16. The average molecular weight is 398 g/mol. The van der Waals surface area contributed by atoms with Crippen molar-refractivity contribution < 1.29 is 27.9 Å². The average Bonchev–Trinajstić information content (AvgIpc) is 2.61.